The third-order valence-electron chi connectivity index (χ3n) is 6.82. The van der Waals surface area contributed by atoms with Gasteiger partial charge in [0.05, 0.1) is 6.54 Å². The normalized spacial score (nSPS) is 16.6. The molecule has 1 fully saturated rings. The number of carbonyl (C=O) groups is 4. The highest BCUT2D eigenvalue weighted by Gasteiger charge is 2.35. The molecule has 0 saturated carbocycles. The number of alkyl carbamates (subject to hydrolysis) is 2. The molecule has 3 rings (SSSR count). The molecule has 0 aliphatic carbocycles. The molecular weight excluding hydrogens is 536 g/mol. The summed E-state index contributed by atoms with van der Waals surface area (Å²) in [6.07, 6.45) is -0.113. The molecule has 1 unspecified atom stereocenters. The van der Waals surface area contributed by atoms with Crippen LogP contribution in [0.2, 0.25) is 0 Å². The Morgan fingerprint density at radius 3 is 1.86 bits per heavy atom. The van der Waals surface area contributed by atoms with Gasteiger partial charge in [0, 0.05) is 19.1 Å². The van der Waals surface area contributed by atoms with Crippen LogP contribution >= 0.6 is 0 Å². The zero-order chi connectivity index (χ0) is 30.5. The van der Waals surface area contributed by atoms with Gasteiger partial charge in [-0.2, -0.15) is 0 Å². The number of ether oxygens (including phenoxy) is 2. The fraction of sp³-hybridized carbons (Fsp3) is 0.500. The van der Waals surface area contributed by atoms with Crippen LogP contribution in [0.4, 0.5) is 9.59 Å². The Labute approximate surface area is 248 Å². The van der Waals surface area contributed by atoms with E-state index in [-0.39, 0.29) is 37.5 Å². The van der Waals surface area contributed by atoms with Gasteiger partial charge in [-0.05, 0) is 35.8 Å². The number of benzene rings is 2. The molecule has 10 heteroatoms. The molecule has 3 amide bonds. The maximum absolute atomic E-state index is 13.2. The van der Waals surface area contributed by atoms with Crippen molar-refractivity contribution in [1.29, 1.82) is 0 Å². The number of rotatable bonds is 14. The van der Waals surface area contributed by atoms with Gasteiger partial charge < -0.3 is 25.4 Å². The molecule has 1 aliphatic rings. The highest BCUT2D eigenvalue weighted by Crippen LogP contribution is 2.13. The maximum Gasteiger partial charge on any atom is 0.408 e. The van der Waals surface area contributed by atoms with Gasteiger partial charge in [-0.25, -0.2) is 9.59 Å². The summed E-state index contributed by atoms with van der Waals surface area (Å²) in [6, 6.07) is 16.9. The van der Waals surface area contributed by atoms with Gasteiger partial charge in [0.2, 0.25) is 5.91 Å². The molecule has 1 aliphatic heterocycles. The Bertz CT molecular complexity index is 1160. The lowest BCUT2D eigenvalue weighted by molar-refractivity contribution is -0.127. The van der Waals surface area contributed by atoms with Gasteiger partial charge in [-0.1, -0.05) is 88.4 Å². The van der Waals surface area contributed by atoms with E-state index in [9.17, 15) is 19.2 Å². The van der Waals surface area contributed by atoms with Crippen LogP contribution in [0.3, 0.4) is 0 Å². The minimum atomic E-state index is -0.843. The summed E-state index contributed by atoms with van der Waals surface area (Å²) in [4.78, 5) is 52.9. The first-order chi connectivity index (χ1) is 20.1. The minimum Gasteiger partial charge on any atom is -0.445 e. The summed E-state index contributed by atoms with van der Waals surface area (Å²) in [5.41, 5.74) is 1.73. The molecular formula is C32H44N4O6. The second-order valence-electron chi connectivity index (χ2n) is 11.6. The van der Waals surface area contributed by atoms with Crippen LogP contribution in [0.5, 0.6) is 0 Å². The van der Waals surface area contributed by atoms with E-state index in [2.05, 4.69) is 29.8 Å². The topological polar surface area (TPSA) is 126 Å². The molecule has 2 aromatic rings. The zero-order valence-corrected chi connectivity index (χ0v) is 25.0. The van der Waals surface area contributed by atoms with E-state index < -0.39 is 30.2 Å². The van der Waals surface area contributed by atoms with Crippen LogP contribution in [0, 0.1) is 11.8 Å². The maximum atomic E-state index is 13.2. The highest BCUT2D eigenvalue weighted by atomic mass is 16.6. The molecule has 42 heavy (non-hydrogen) atoms. The van der Waals surface area contributed by atoms with E-state index in [0.717, 1.165) is 11.1 Å². The molecule has 0 spiro atoms. The first-order valence-electron chi connectivity index (χ1n) is 14.6. The standard InChI is InChI=1S/C32H44N4O6/c1-22(2)15-26(33-31(39)41-20-24-11-7-5-8-12-24)17-36-18-28(29(37)19-36)34-30(38)27(16-23(3)4)35-32(40)42-21-25-13-9-6-10-14-25/h5-14,22-23,26-28H,15-21H2,1-4H3,(H,33,39)(H,34,38)(H,35,40)/t26-,27-,28?/m0/s1. The largest absolute Gasteiger partial charge is 0.445 e. The molecule has 0 radical (unpaired) electrons. The van der Waals surface area contributed by atoms with E-state index >= 15 is 0 Å². The Kier molecular flexibility index (Phi) is 12.8. The average molecular weight is 581 g/mol. The first kappa shape index (κ1) is 32.6. The summed E-state index contributed by atoms with van der Waals surface area (Å²) in [5.74, 6) is -0.117. The van der Waals surface area contributed by atoms with Crippen molar-refractivity contribution < 1.29 is 28.7 Å². The van der Waals surface area contributed by atoms with E-state index in [1.54, 1.807) is 0 Å². The van der Waals surface area contributed by atoms with Crippen molar-refractivity contribution in [1.82, 2.24) is 20.9 Å². The molecule has 2 aromatic carbocycles. The van der Waals surface area contributed by atoms with Crippen molar-refractivity contribution >= 4 is 23.9 Å². The molecule has 0 bridgehead atoms. The molecule has 0 aromatic heterocycles. The SMILES string of the molecule is CC(C)C[C@@H](CN1CC(=O)C(NC(=O)[C@H](CC(C)C)NC(=O)OCc2ccccc2)C1)NC(=O)OCc1ccccc1. The van der Waals surface area contributed by atoms with Crippen molar-refractivity contribution in [3.63, 3.8) is 0 Å². The molecule has 3 atom stereocenters. The highest BCUT2D eigenvalue weighted by molar-refractivity contribution is 5.94. The monoisotopic (exact) mass is 580 g/mol. The molecule has 3 N–H and O–H groups in total. The van der Waals surface area contributed by atoms with Crippen LogP contribution in [-0.4, -0.2) is 66.5 Å². The molecule has 10 nitrogen and oxygen atoms in total. The lowest BCUT2D eigenvalue weighted by Gasteiger charge is -2.26. The lowest BCUT2D eigenvalue weighted by atomic mass is 10.0. The van der Waals surface area contributed by atoms with Gasteiger partial charge in [-0.3, -0.25) is 14.5 Å². The van der Waals surface area contributed by atoms with E-state index in [0.29, 0.717) is 31.8 Å². The quantitative estimate of drug-likeness (QED) is 0.308. The Morgan fingerprint density at radius 2 is 1.33 bits per heavy atom. The van der Waals surface area contributed by atoms with Crippen LogP contribution < -0.4 is 16.0 Å². The van der Waals surface area contributed by atoms with Crippen molar-refractivity contribution in [3.05, 3.63) is 71.8 Å². The number of amides is 3. The number of nitrogens with zero attached hydrogens (tertiary/aromatic N) is 1. The van der Waals surface area contributed by atoms with Gasteiger partial charge in [0.1, 0.15) is 25.3 Å². The first-order valence-corrected chi connectivity index (χ1v) is 14.6. The van der Waals surface area contributed by atoms with Crippen molar-refractivity contribution in [2.75, 3.05) is 19.6 Å². The van der Waals surface area contributed by atoms with E-state index in [1.807, 2.05) is 79.4 Å². The van der Waals surface area contributed by atoms with Gasteiger partial charge in [-0.15, -0.1) is 0 Å². The smallest absolute Gasteiger partial charge is 0.408 e. The predicted octanol–water partition coefficient (Wildman–Crippen LogP) is 4.04. The number of nitrogens with one attached hydrogen (secondary N) is 3. The summed E-state index contributed by atoms with van der Waals surface area (Å²) < 4.78 is 10.7. The zero-order valence-electron chi connectivity index (χ0n) is 25.0. The number of likely N-dealkylation sites (tertiary alicyclic amines) is 1. The summed E-state index contributed by atoms with van der Waals surface area (Å²) in [6.45, 7) is 9.19. The van der Waals surface area contributed by atoms with Crippen LogP contribution in [0.1, 0.15) is 51.7 Å². The number of carbonyl (C=O) groups excluding carboxylic acids is 4. The molecule has 1 saturated heterocycles. The minimum absolute atomic E-state index is 0.0874. The van der Waals surface area contributed by atoms with E-state index in [4.69, 9.17) is 9.47 Å². The van der Waals surface area contributed by atoms with Crippen molar-refractivity contribution in [2.45, 2.75) is 71.9 Å². The number of hydrogen-bond acceptors (Lipinski definition) is 7. The average Bonchev–Trinajstić information content (AvgIpc) is 3.28. The Hall–Kier alpha value is -3.92. The van der Waals surface area contributed by atoms with Crippen molar-refractivity contribution in [3.8, 4) is 0 Å². The summed E-state index contributed by atoms with van der Waals surface area (Å²) in [7, 11) is 0. The summed E-state index contributed by atoms with van der Waals surface area (Å²) in [5, 5.41) is 8.42. The fourth-order valence-electron chi connectivity index (χ4n) is 4.89. The second-order valence-corrected chi connectivity index (χ2v) is 11.6. The lowest BCUT2D eigenvalue weighted by Crippen LogP contribution is -2.52. The van der Waals surface area contributed by atoms with Crippen LogP contribution in [-0.2, 0) is 32.3 Å². The number of hydrogen-bond donors (Lipinski definition) is 3. The molecule has 228 valence electrons. The third kappa shape index (κ3) is 11.5. The number of Topliss-reactive ketones (excluding diaryl/α,β-unsaturated/α-hetero) is 1. The van der Waals surface area contributed by atoms with Crippen molar-refractivity contribution in [2.24, 2.45) is 11.8 Å². The second kappa shape index (κ2) is 16.5. The Morgan fingerprint density at radius 1 is 0.810 bits per heavy atom. The van der Waals surface area contributed by atoms with Gasteiger partial charge in [0.25, 0.3) is 0 Å². The van der Waals surface area contributed by atoms with Gasteiger partial charge >= 0.3 is 12.2 Å². The van der Waals surface area contributed by atoms with Crippen LogP contribution in [0.15, 0.2) is 60.7 Å². The van der Waals surface area contributed by atoms with E-state index in [1.165, 1.54) is 0 Å². The fourth-order valence-corrected chi connectivity index (χ4v) is 4.89. The van der Waals surface area contributed by atoms with Gasteiger partial charge in [0.15, 0.2) is 5.78 Å². The third-order valence-corrected chi connectivity index (χ3v) is 6.82. The predicted molar refractivity (Wildman–Crippen MR) is 159 cm³/mol. The molecule has 1 heterocycles. The Balaban J connectivity index is 1.52. The van der Waals surface area contributed by atoms with Crippen LogP contribution in [0.25, 0.3) is 0 Å². The summed E-state index contributed by atoms with van der Waals surface area (Å²) >= 11 is 0. The number of ketones is 1.